The lowest BCUT2D eigenvalue weighted by Crippen LogP contribution is -2.06. The van der Waals surface area contributed by atoms with Gasteiger partial charge in [-0.05, 0) is 31.3 Å². The van der Waals surface area contributed by atoms with Gasteiger partial charge in [-0.3, -0.25) is 0 Å². The Hall–Kier alpha value is -0.960. The molecular formula is C11H11NOS. The Morgan fingerprint density at radius 3 is 3.14 bits per heavy atom. The summed E-state index contributed by atoms with van der Waals surface area (Å²) in [5.41, 5.74) is 5.32. The van der Waals surface area contributed by atoms with E-state index in [9.17, 15) is 4.21 Å². The van der Waals surface area contributed by atoms with Crippen molar-refractivity contribution in [3.8, 4) is 0 Å². The molecule has 0 radical (unpaired) electrons. The van der Waals surface area contributed by atoms with E-state index in [0.29, 0.717) is 0 Å². The lowest BCUT2D eigenvalue weighted by atomic mass is 9.88. The van der Waals surface area contributed by atoms with Gasteiger partial charge in [0.25, 0.3) is 0 Å². The van der Waals surface area contributed by atoms with Crippen LogP contribution in [0.15, 0.2) is 38.9 Å². The molecule has 2 nitrogen and oxygen atoms in total. The minimum atomic E-state index is -0.935. The third-order valence-electron chi connectivity index (χ3n) is 2.97. The molecule has 0 saturated heterocycles. The zero-order valence-electron chi connectivity index (χ0n) is 7.82. The normalized spacial score (nSPS) is 29.6. The highest BCUT2D eigenvalue weighted by molar-refractivity contribution is 8.02. The minimum absolute atomic E-state index is 0.935. The average Bonchev–Trinajstić information content (AvgIpc) is 2.61. The van der Waals surface area contributed by atoms with Gasteiger partial charge in [-0.1, -0.05) is 17.7 Å². The second-order valence-corrected chi connectivity index (χ2v) is 5.06. The Balaban J connectivity index is 2.14. The van der Waals surface area contributed by atoms with Crippen molar-refractivity contribution in [2.75, 3.05) is 0 Å². The van der Waals surface area contributed by atoms with E-state index in [-0.39, 0.29) is 0 Å². The van der Waals surface area contributed by atoms with Crippen LogP contribution >= 0.6 is 0 Å². The first kappa shape index (κ1) is 8.36. The third kappa shape index (κ3) is 1.08. The zero-order valence-corrected chi connectivity index (χ0v) is 8.64. The molecule has 0 saturated carbocycles. The SMILES string of the molecule is O=S1C=NC2=C1CCC1=C2C=CCC1. The Kier molecular flexibility index (Phi) is 1.80. The van der Waals surface area contributed by atoms with E-state index >= 15 is 0 Å². The topological polar surface area (TPSA) is 29.4 Å². The second-order valence-electron chi connectivity index (χ2n) is 3.76. The van der Waals surface area contributed by atoms with Crippen LogP contribution in [0.25, 0.3) is 0 Å². The molecule has 0 fully saturated rings. The van der Waals surface area contributed by atoms with Crippen LogP contribution in [0.5, 0.6) is 0 Å². The fraction of sp³-hybridized carbons (Fsp3) is 0.364. The van der Waals surface area contributed by atoms with Crippen LogP contribution in [0.1, 0.15) is 25.7 Å². The van der Waals surface area contributed by atoms with E-state index in [2.05, 4.69) is 17.1 Å². The van der Waals surface area contributed by atoms with Gasteiger partial charge < -0.3 is 0 Å². The van der Waals surface area contributed by atoms with Crippen molar-refractivity contribution < 1.29 is 4.21 Å². The summed E-state index contributed by atoms with van der Waals surface area (Å²) in [5.74, 6) is 0. The molecule has 14 heavy (non-hydrogen) atoms. The molecule has 3 aliphatic rings. The predicted molar refractivity (Wildman–Crippen MR) is 58.3 cm³/mol. The van der Waals surface area contributed by atoms with Crippen molar-refractivity contribution in [3.05, 3.63) is 33.9 Å². The number of aliphatic imine (C=N–C) groups is 1. The van der Waals surface area contributed by atoms with Crippen molar-refractivity contribution in [1.82, 2.24) is 0 Å². The standard InChI is InChI=1S/C11H11NOS/c13-14-7-12-11-9-4-2-1-3-8(9)5-6-10(11)14/h2,4,7H,1,3,5-6H2. The predicted octanol–water partition coefficient (Wildman–Crippen LogP) is 2.43. The monoisotopic (exact) mass is 205 g/mol. The van der Waals surface area contributed by atoms with Crippen LogP contribution < -0.4 is 0 Å². The number of hydrogen-bond acceptors (Lipinski definition) is 2. The Labute approximate surface area is 85.6 Å². The average molecular weight is 205 g/mol. The van der Waals surface area contributed by atoms with Crippen molar-refractivity contribution in [3.63, 3.8) is 0 Å². The summed E-state index contributed by atoms with van der Waals surface area (Å²) in [6.07, 6.45) is 8.65. The minimum Gasteiger partial charge on any atom is -0.248 e. The first-order valence-corrected chi connectivity index (χ1v) is 6.14. The first-order chi connectivity index (χ1) is 6.86. The van der Waals surface area contributed by atoms with Crippen LogP contribution in [0.3, 0.4) is 0 Å². The lowest BCUT2D eigenvalue weighted by Gasteiger charge is -2.21. The molecule has 0 bridgehead atoms. The van der Waals surface area contributed by atoms with Gasteiger partial charge in [-0.15, -0.1) is 0 Å². The first-order valence-electron chi connectivity index (χ1n) is 4.93. The van der Waals surface area contributed by atoms with E-state index in [4.69, 9.17) is 0 Å². The molecule has 0 aromatic rings. The molecular weight excluding hydrogens is 194 g/mol. The van der Waals surface area contributed by atoms with Gasteiger partial charge in [-0.2, -0.15) is 0 Å². The van der Waals surface area contributed by atoms with E-state index in [1.807, 2.05) is 0 Å². The summed E-state index contributed by atoms with van der Waals surface area (Å²) in [6, 6.07) is 0. The summed E-state index contributed by atoms with van der Waals surface area (Å²) < 4.78 is 11.5. The van der Waals surface area contributed by atoms with E-state index in [1.54, 1.807) is 5.55 Å². The molecule has 1 heterocycles. The maximum atomic E-state index is 11.5. The van der Waals surface area contributed by atoms with Crippen LogP contribution in [0.4, 0.5) is 0 Å². The van der Waals surface area contributed by atoms with Crippen LogP contribution in [0, 0.1) is 0 Å². The maximum Gasteiger partial charge on any atom is 0.0963 e. The van der Waals surface area contributed by atoms with Crippen molar-refractivity contribution in [1.29, 1.82) is 0 Å². The van der Waals surface area contributed by atoms with Gasteiger partial charge in [0, 0.05) is 4.91 Å². The van der Waals surface area contributed by atoms with Crippen molar-refractivity contribution in [2.45, 2.75) is 25.7 Å². The number of rotatable bonds is 0. The molecule has 1 unspecified atom stereocenters. The van der Waals surface area contributed by atoms with Crippen LogP contribution in [0.2, 0.25) is 0 Å². The molecule has 0 amide bonds. The number of hydrogen-bond donors (Lipinski definition) is 0. The van der Waals surface area contributed by atoms with Crippen molar-refractivity contribution >= 4 is 16.3 Å². The number of fused-ring (bicyclic) bond motifs is 1. The largest absolute Gasteiger partial charge is 0.248 e. The molecule has 3 heteroatoms. The lowest BCUT2D eigenvalue weighted by molar-refractivity contribution is 0.691. The van der Waals surface area contributed by atoms with E-state index in [1.165, 1.54) is 11.1 Å². The quantitative estimate of drug-likeness (QED) is 0.597. The van der Waals surface area contributed by atoms with Gasteiger partial charge in [0.05, 0.1) is 22.0 Å². The van der Waals surface area contributed by atoms with Gasteiger partial charge in [0.2, 0.25) is 0 Å². The summed E-state index contributed by atoms with van der Waals surface area (Å²) >= 11 is 0. The second kappa shape index (κ2) is 3.02. The summed E-state index contributed by atoms with van der Waals surface area (Å²) in [6.45, 7) is 0. The highest BCUT2D eigenvalue weighted by atomic mass is 32.2. The fourth-order valence-corrected chi connectivity index (χ4v) is 3.24. The van der Waals surface area contributed by atoms with Crippen LogP contribution in [-0.2, 0) is 10.8 Å². The highest BCUT2D eigenvalue weighted by Gasteiger charge is 2.26. The molecule has 72 valence electrons. The molecule has 3 rings (SSSR count). The molecule has 0 spiro atoms. The van der Waals surface area contributed by atoms with E-state index in [0.717, 1.165) is 36.3 Å². The van der Waals surface area contributed by atoms with Gasteiger partial charge >= 0.3 is 0 Å². The molecule has 0 aromatic heterocycles. The van der Waals surface area contributed by atoms with Gasteiger partial charge in [0.15, 0.2) is 0 Å². The molecule has 1 aliphatic heterocycles. The zero-order chi connectivity index (χ0) is 9.54. The summed E-state index contributed by atoms with van der Waals surface area (Å²) in [4.78, 5) is 5.31. The van der Waals surface area contributed by atoms with Crippen LogP contribution in [-0.4, -0.2) is 9.76 Å². The molecule has 0 aromatic carbocycles. The molecule has 1 atom stereocenters. The Morgan fingerprint density at radius 1 is 1.29 bits per heavy atom. The summed E-state index contributed by atoms with van der Waals surface area (Å²) in [7, 11) is -0.935. The highest BCUT2D eigenvalue weighted by Crippen LogP contribution is 2.39. The van der Waals surface area contributed by atoms with E-state index < -0.39 is 10.8 Å². The third-order valence-corrected chi connectivity index (χ3v) is 4.15. The maximum absolute atomic E-state index is 11.5. The molecule has 2 aliphatic carbocycles. The fourth-order valence-electron chi connectivity index (χ4n) is 2.25. The Bertz CT molecular complexity index is 440. The summed E-state index contributed by atoms with van der Waals surface area (Å²) in [5, 5.41) is 0. The van der Waals surface area contributed by atoms with Crippen molar-refractivity contribution in [2.24, 2.45) is 4.99 Å². The number of nitrogens with zero attached hydrogens (tertiary/aromatic N) is 1. The van der Waals surface area contributed by atoms with Gasteiger partial charge in [0.1, 0.15) is 0 Å². The molecule has 0 N–H and O–H groups in total. The number of allylic oxidation sites excluding steroid dienone is 4. The smallest absolute Gasteiger partial charge is 0.0963 e. The Morgan fingerprint density at radius 2 is 2.21 bits per heavy atom. The van der Waals surface area contributed by atoms with Gasteiger partial charge in [-0.25, -0.2) is 9.20 Å².